The molecule has 0 spiro atoms. The average Bonchev–Trinajstić information content (AvgIpc) is 2.88. The Morgan fingerprint density at radius 1 is 1.24 bits per heavy atom. The number of aromatic nitrogens is 4. The van der Waals surface area contributed by atoms with E-state index >= 15 is 0 Å². The van der Waals surface area contributed by atoms with Crippen molar-refractivity contribution in [2.45, 2.75) is 26.2 Å². The Labute approximate surface area is 122 Å². The Kier molecular flexibility index (Phi) is 3.51. The van der Waals surface area contributed by atoms with Gasteiger partial charge < -0.3 is 5.73 Å². The highest BCUT2D eigenvalue weighted by Crippen LogP contribution is 2.36. The fourth-order valence-corrected chi connectivity index (χ4v) is 1.86. The first kappa shape index (κ1) is 14.7. The average molecular weight is 286 g/mol. The minimum absolute atomic E-state index is 0.216. The molecule has 8 heteroatoms. The summed E-state index contributed by atoms with van der Waals surface area (Å²) in [6.07, 6.45) is 1.59. The maximum Gasteiger partial charge on any atom is 0.213 e. The van der Waals surface area contributed by atoms with Crippen molar-refractivity contribution in [2.24, 2.45) is 24.3 Å². The van der Waals surface area contributed by atoms with Gasteiger partial charge in [0.25, 0.3) is 0 Å². The van der Waals surface area contributed by atoms with Gasteiger partial charge in [-0.2, -0.15) is 10.4 Å². The molecule has 8 nitrogen and oxygen atoms in total. The Morgan fingerprint density at radius 3 is 2.48 bits per heavy atom. The van der Waals surface area contributed by atoms with E-state index in [2.05, 4.69) is 20.4 Å². The topological polar surface area (TPSA) is 110 Å². The lowest BCUT2D eigenvalue weighted by molar-refractivity contribution is 0.554. The van der Waals surface area contributed by atoms with Crippen LogP contribution in [0.3, 0.4) is 0 Å². The summed E-state index contributed by atoms with van der Waals surface area (Å²) >= 11 is 0. The standard InChI is InChI=1S/C13H18N8/c1-13(2,3)10-9(11(15)21(5)18-10)16-17-12-8(6-14)7-20(4)19-12/h7H,15H2,1-5H3. The first-order valence-corrected chi connectivity index (χ1v) is 6.42. The van der Waals surface area contributed by atoms with Gasteiger partial charge in [-0.05, 0) is 0 Å². The summed E-state index contributed by atoms with van der Waals surface area (Å²) in [6.45, 7) is 6.07. The predicted molar refractivity (Wildman–Crippen MR) is 78.4 cm³/mol. The lowest BCUT2D eigenvalue weighted by Crippen LogP contribution is -2.12. The zero-order valence-electron chi connectivity index (χ0n) is 12.8. The summed E-state index contributed by atoms with van der Waals surface area (Å²) in [6, 6.07) is 2.03. The van der Waals surface area contributed by atoms with Crippen molar-refractivity contribution in [1.82, 2.24) is 19.6 Å². The highest BCUT2D eigenvalue weighted by molar-refractivity contribution is 5.63. The molecule has 2 N–H and O–H groups in total. The van der Waals surface area contributed by atoms with Crippen molar-refractivity contribution >= 4 is 17.3 Å². The summed E-state index contributed by atoms with van der Waals surface area (Å²) < 4.78 is 3.09. The van der Waals surface area contributed by atoms with Gasteiger partial charge in [-0.15, -0.1) is 15.3 Å². The van der Waals surface area contributed by atoms with Gasteiger partial charge in [0.2, 0.25) is 5.82 Å². The van der Waals surface area contributed by atoms with E-state index in [1.165, 1.54) is 4.68 Å². The Bertz CT molecular complexity index is 736. The molecule has 0 unspecified atom stereocenters. The molecular weight excluding hydrogens is 268 g/mol. The van der Waals surface area contributed by atoms with Gasteiger partial charge in [0.1, 0.15) is 17.5 Å². The third-order valence-electron chi connectivity index (χ3n) is 2.95. The number of nitriles is 1. The van der Waals surface area contributed by atoms with Gasteiger partial charge in [0.05, 0.1) is 5.69 Å². The first-order valence-electron chi connectivity index (χ1n) is 6.42. The monoisotopic (exact) mass is 286 g/mol. The van der Waals surface area contributed by atoms with E-state index in [0.717, 1.165) is 5.69 Å². The van der Waals surface area contributed by atoms with Crippen LogP contribution in [0, 0.1) is 11.3 Å². The fourth-order valence-electron chi connectivity index (χ4n) is 1.86. The van der Waals surface area contributed by atoms with Crippen LogP contribution in [0.25, 0.3) is 0 Å². The molecule has 0 saturated heterocycles. The second-order valence-electron chi connectivity index (χ2n) is 5.81. The number of rotatable bonds is 2. The van der Waals surface area contributed by atoms with Crippen LogP contribution >= 0.6 is 0 Å². The van der Waals surface area contributed by atoms with Crippen molar-refractivity contribution in [3.05, 3.63) is 17.5 Å². The molecule has 21 heavy (non-hydrogen) atoms. The van der Waals surface area contributed by atoms with Crippen molar-refractivity contribution in [3.63, 3.8) is 0 Å². The SMILES string of the molecule is Cn1cc(C#N)c(N=Nc2c(C(C)(C)C)nn(C)c2N)n1. The van der Waals surface area contributed by atoms with Gasteiger partial charge in [-0.25, -0.2) is 0 Å². The van der Waals surface area contributed by atoms with Crippen LogP contribution < -0.4 is 5.73 Å². The maximum absolute atomic E-state index is 9.03. The Morgan fingerprint density at radius 2 is 1.90 bits per heavy atom. The van der Waals surface area contributed by atoms with E-state index in [1.54, 1.807) is 25.0 Å². The minimum Gasteiger partial charge on any atom is -0.382 e. The smallest absolute Gasteiger partial charge is 0.213 e. The zero-order chi connectivity index (χ0) is 15.8. The molecular formula is C13H18N8. The Hall–Kier alpha value is -2.69. The molecule has 0 atom stereocenters. The fraction of sp³-hybridized carbons (Fsp3) is 0.462. The molecule has 0 aliphatic heterocycles. The van der Waals surface area contributed by atoms with E-state index in [0.29, 0.717) is 17.1 Å². The van der Waals surface area contributed by atoms with E-state index in [-0.39, 0.29) is 11.2 Å². The third kappa shape index (κ3) is 2.76. The van der Waals surface area contributed by atoms with Crippen LogP contribution in [-0.2, 0) is 19.5 Å². The van der Waals surface area contributed by atoms with Crippen molar-refractivity contribution in [1.29, 1.82) is 5.26 Å². The molecule has 0 aliphatic carbocycles. The van der Waals surface area contributed by atoms with Gasteiger partial charge in [0.15, 0.2) is 5.69 Å². The summed E-state index contributed by atoms with van der Waals surface area (Å²) in [5.41, 5.74) is 7.41. The van der Waals surface area contributed by atoms with Crippen LogP contribution in [0.15, 0.2) is 16.4 Å². The quantitative estimate of drug-likeness (QED) is 0.854. The van der Waals surface area contributed by atoms with Crippen LogP contribution in [0.2, 0.25) is 0 Å². The molecule has 2 aromatic rings. The highest BCUT2D eigenvalue weighted by atomic mass is 15.3. The molecule has 0 aromatic carbocycles. The van der Waals surface area contributed by atoms with Crippen molar-refractivity contribution < 1.29 is 0 Å². The second-order valence-corrected chi connectivity index (χ2v) is 5.81. The van der Waals surface area contributed by atoms with Crippen LogP contribution in [0.1, 0.15) is 32.0 Å². The lowest BCUT2D eigenvalue weighted by atomic mass is 9.91. The van der Waals surface area contributed by atoms with Gasteiger partial charge in [-0.1, -0.05) is 20.8 Å². The first-order chi connectivity index (χ1) is 9.74. The molecule has 2 heterocycles. The van der Waals surface area contributed by atoms with E-state index in [4.69, 9.17) is 11.0 Å². The number of nitrogens with two attached hydrogens (primary N) is 1. The van der Waals surface area contributed by atoms with Crippen LogP contribution in [0.4, 0.5) is 17.3 Å². The van der Waals surface area contributed by atoms with E-state index < -0.39 is 0 Å². The van der Waals surface area contributed by atoms with Crippen LogP contribution in [0.5, 0.6) is 0 Å². The molecule has 2 rings (SSSR count). The van der Waals surface area contributed by atoms with Crippen LogP contribution in [-0.4, -0.2) is 19.6 Å². The van der Waals surface area contributed by atoms with E-state index in [9.17, 15) is 0 Å². The third-order valence-corrected chi connectivity index (χ3v) is 2.95. The molecule has 110 valence electrons. The van der Waals surface area contributed by atoms with E-state index in [1.807, 2.05) is 26.8 Å². The minimum atomic E-state index is -0.216. The number of nitrogens with zero attached hydrogens (tertiary/aromatic N) is 7. The highest BCUT2D eigenvalue weighted by Gasteiger charge is 2.25. The van der Waals surface area contributed by atoms with Gasteiger partial charge in [0, 0.05) is 25.7 Å². The second kappa shape index (κ2) is 5.01. The van der Waals surface area contributed by atoms with Gasteiger partial charge in [-0.3, -0.25) is 9.36 Å². The Balaban J connectivity index is 2.49. The molecule has 0 radical (unpaired) electrons. The summed E-state index contributed by atoms with van der Waals surface area (Å²) in [5.74, 6) is 0.696. The summed E-state index contributed by atoms with van der Waals surface area (Å²) in [5, 5.41) is 25.7. The number of anilines is 1. The predicted octanol–water partition coefficient (Wildman–Crippen LogP) is 2.32. The molecule has 0 amide bonds. The summed E-state index contributed by atoms with van der Waals surface area (Å²) in [4.78, 5) is 0. The number of hydrogen-bond donors (Lipinski definition) is 1. The normalized spacial score (nSPS) is 12.0. The van der Waals surface area contributed by atoms with Crippen molar-refractivity contribution in [3.8, 4) is 6.07 Å². The number of nitrogen functional groups attached to an aromatic ring is 1. The van der Waals surface area contributed by atoms with Gasteiger partial charge >= 0.3 is 0 Å². The number of azo groups is 1. The summed E-state index contributed by atoms with van der Waals surface area (Å²) in [7, 11) is 3.48. The molecule has 2 aromatic heterocycles. The lowest BCUT2D eigenvalue weighted by Gasteiger charge is -2.15. The molecule has 0 saturated carbocycles. The maximum atomic E-state index is 9.03. The van der Waals surface area contributed by atoms with Crippen molar-refractivity contribution in [2.75, 3.05) is 5.73 Å². The largest absolute Gasteiger partial charge is 0.382 e. The molecule has 0 bridgehead atoms. The zero-order valence-corrected chi connectivity index (χ0v) is 12.8. The molecule has 0 aliphatic rings. The number of aryl methyl sites for hydroxylation is 2. The number of hydrogen-bond acceptors (Lipinski definition) is 6. The molecule has 0 fully saturated rings.